The normalized spacial score (nSPS) is 17.8. The van der Waals surface area contributed by atoms with Gasteiger partial charge in [0.15, 0.2) is 5.65 Å². The summed E-state index contributed by atoms with van der Waals surface area (Å²) >= 11 is 0. The molecule has 116 valence electrons. The molecule has 7 heteroatoms. The summed E-state index contributed by atoms with van der Waals surface area (Å²) < 4.78 is 1.70. The summed E-state index contributed by atoms with van der Waals surface area (Å²) in [6, 6.07) is 1.42. The maximum absolute atomic E-state index is 12.7. The maximum atomic E-state index is 12.7. The van der Waals surface area contributed by atoms with E-state index in [1.165, 1.54) is 0 Å². The van der Waals surface area contributed by atoms with Crippen LogP contribution in [-0.4, -0.2) is 50.6 Å². The number of carbonyl (C=O) groups excluding carboxylic acids is 2. The molecule has 0 bridgehead atoms. The van der Waals surface area contributed by atoms with E-state index in [0.29, 0.717) is 25.1 Å². The molecule has 2 aromatic heterocycles. The number of aromatic nitrogens is 3. The van der Waals surface area contributed by atoms with Crippen molar-refractivity contribution >= 4 is 22.8 Å². The quantitative estimate of drug-likeness (QED) is 0.901. The number of nitrogens with one attached hydrogen (secondary N) is 1. The Balaban J connectivity index is 1.96. The third-order valence-electron chi connectivity index (χ3n) is 4.11. The van der Waals surface area contributed by atoms with Crippen LogP contribution in [0.2, 0.25) is 0 Å². The van der Waals surface area contributed by atoms with Crippen LogP contribution in [0.1, 0.15) is 29.4 Å². The molecule has 1 fully saturated rings. The molecule has 1 saturated heterocycles. The number of likely N-dealkylation sites (N-methyl/N-ethyl adjacent to an activating group) is 1. The van der Waals surface area contributed by atoms with E-state index in [1.54, 1.807) is 15.8 Å². The molecule has 0 spiro atoms. The first-order valence-electron chi connectivity index (χ1n) is 7.41. The van der Waals surface area contributed by atoms with Crippen LogP contribution in [0.5, 0.6) is 0 Å². The Bertz CT molecular complexity index is 752. The zero-order chi connectivity index (χ0) is 15.9. The molecular formula is C15H19N5O2. The van der Waals surface area contributed by atoms with Crippen LogP contribution < -0.4 is 5.32 Å². The van der Waals surface area contributed by atoms with Crippen molar-refractivity contribution < 1.29 is 9.59 Å². The number of carbonyl (C=O) groups is 2. The van der Waals surface area contributed by atoms with Gasteiger partial charge in [-0.25, -0.2) is 4.98 Å². The van der Waals surface area contributed by atoms with Gasteiger partial charge in [-0.15, -0.1) is 0 Å². The fourth-order valence-electron chi connectivity index (χ4n) is 2.97. The summed E-state index contributed by atoms with van der Waals surface area (Å²) in [5.41, 5.74) is 2.07. The Hall–Kier alpha value is -2.44. The van der Waals surface area contributed by atoms with Crippen molar-refractivity contribution in [1.82, 2.24) is 25.0 Å². The van der Waals surface area contributed by atoms with E-state index in [9.17, 15) is 9.59 Å². The summed E-state index contributed by atoms with van der Waals surface area (Å²) in [6.45, 7) is 4.87. The van der Waals surface area contributed by atoms with Crippen LogP contribution in [0, 0.1) is 6.92 Å². The average molecular weight is 301 g/mol. The van der Waals surface area contributed by atoms with Crippen molar-refractivity contribution in [3.8, 4) is 0 Å². The van der Waals surface area contributed by atoms with E-state index in [-0.39, 0.29) is 17.9 Å². The molecule has 3 rings (SSSR count). The molecule has 2 aromatic rings. The van der Waals surface area contributed by atoms with Crippen LogP contribution >= 0.6 is 0 Å². The zero-order valence-corrected chi connectivity index (χ0v) is 13.0. The SMILES string of the molecule is CCN(C(=O)c1cnc2c(c1)c(C)nn2C)C1CCNC1=O. The van der Waals surface area contributed by atoms with Gasteiger partial charge in [0, 0.05) is 31.7 Å². The molecule has 2 amide bonds. The molecule has 1 N–H and O–H groups in total. The second-order valence-electron chi connectivity index (χ2n) is 5.49. The topological polar surface area (TPSA) is 80.1 Å². The lowest BCUT2D eigenvalue weighted by molar-refractivity contribution is -0.123. The highest BCUT2D eigenvalue weighted by Crippen LogP contribution is 2.19. The maximum Gasteiger partial charge on any atom is 0.256 e. The first kappa shape index (κ1) is 14.5. The number of hydrogen-bond acceptors (Lipinski definition) is 4. The number of pyridine rings is 1. The molecule has 1 atom stereocenters. The minimum Gasteiger partial charge on any atom is -0.354 e. The first-order valence-corrected chi connectivity index (χ1v) is 7.41. The number of rotatable bonds is 3. The number of amides is 2. The van der Waals surface area contributed by atoms with Crippen LogP contribution in [0.15, 0.2) is 12.3 Å². The average Bonchev–Trinajstić information content (AvgIpc) is 3.04. The number of hydrogen-bond donors (Lipinski definition) is 1. The van der Waals surface area contributed by atoms with Gasteiger partial charge < -0.3 is 10.2 Å². The fraction of sp³-hybridized carbons (Fsp3) is 0.467. The summed E-state index contributed by atoms with van der Waals surface area (Å²) in [6.07, 6.45) is 2.21. The molecule has 22 heavy (non-hydrogen) atoms. The van der Waals surface area contributed by atoms with Gasteiger partial charge in [-0.05, 0) is 26.3 Å². The second-order valence-corrected chi connectivity index (χ2v) is 5.49. The largest absolute Gasteiger partial charge is 0.354 e. The first-order chi connectivity index (χ1) is 10.5. The summed E-state index contributed by atoms with van der Waals surface area (Å²) in [5, 5.41) is 7.94. The Morgan fingerprint density at radius 3 is 2.95 bits per heavy atom. The van der Waals surface area contributed by atoms with Crippen molar-refractivity contribution in [3.63, 3.8) is 0 Å². The van der Waals surface area contributed by atoms with Gasteiger partial charge >= 0.3 is 0 Å². The van der Waals surface area contributed by atoms with E-state index in [4.69, 9.17) is 0 Å². The monoisotopic (exact) mass is 301 g/mol. The molecule has 7 nitrogen and oxygen atoms in total. The standard InChI is InChI=1S/C15H19N5O2/c1-4-20(12-5-6-16-14(12)21)15(22)10-7-11-9(2)18-19(3)13(11)17-8-10/h7-8,12H,4-6H2,1-3H3,(H,16,21). The molecule has 1 unspecified atom stereocenters. The lowest BCUT2D eigenvalue weighted by atomic mass is 10.1. The highest BCUT2D eigenvalue weighted by atomic mass is 16.2. The zero-order valence-electron chi connectivity index (χ0n) is 13.0. The van der Waals surface area contributed by atoms with E-state index in [2.05, 4.69) is 15.4 Å². The van der Waals surface area contributed by atoms with Gasteiger partial charge in [-0.3, -0.25) is 14.3 Å². The Labute approximate surface area is 128 Å². The lowest BCUT2D eigenvalue weighted by Crippen LogP contribution is -2.44. The molecule has 1 aliphatic rings. The summed E-state index contributed by atoms with van der Waals surface area (Å²) in [5.74, 6) is -0.246. The fourth-order valence-corrected chi connectivity index (χ4v) is 2.97. The van der Waals surface area contributed by atoms with Crippen LogP contribution in [0.4, 0.5) is 0 Å². The van der Waals surface area contributed by atoms with Gasteiger partial charge in [-0.2, -0.15) is 5.10 Å². The number of nitrogens with zero attached hydrogens (tertiary/aromatic N) is 4. The molecule has 0 aliphatic carbocycles. The molecule has 0 saturated carbocycles. The minimum atomic E-state index is -0.386. The van der Waals surface area contributed by atoms with Gasteiger partial charge in [0.05, 0.1) is 11.3 Å². The summed E-state index contributed by atoms with van der Waals surface area (Å²) in [7, 11) is 1.82. The van der Waals surface area contributed by atoms with Gasteiger partial charge in [0.1, 0.15) is 6.04 Å². The smallest absolute Gasteiger partial charge is 0.256 e. The highest BCUT2D eigenvalue weighted by Gasteiger charge is 2.33. The highest BCUT2D eigenvalue weighted by molar-refractivity contribution is 6.00. The number of aryl methyl sites for hydroxylation is 2. The molecule has 3 heterocycles. The van der Waals surface area contributed by atoms with Crippen LogP contribution in [0.3, 0.4) is 0 Å². The predicted molar refractivity (Wildman–Crippen MR) is 81.4 cm³/mol. The third-order valence-corrected chi connectivity index (χ3v) is 4.11. The van der Waals surface area contributed by atoms with Crippen molar-refractivity contribution in [1.29, 1.82) is 0 Å². The van der Waals surface area contributed by atoms with E-state index < -0.39 is 0 Å². The molecular weight excluding hydrogens is 282 g/mol. The van der Waals surface area contributed by atoms with Gasteiger partial charge in [0.25, 0.3) is 5.91 Å². The van der Waals surface area contributed by atoms with E-state index >= 15 is 0 Å². The predicted octanol–water partition coefficient (Wildman–Crippen LogP) is 0.627. The van der Waals surface area contributed by atoms with Crippen molar-refractivity contribution in [2.24, 2.45) is 7.05 Å². The minimum absolute atomic E-state index is 0.0817. The van der Waals surface area contributed by atoms with Gasteiger partial charge in [-0.1, -0.05) is 0 Å². The molecule has 1 aliphatic heterocycles. The molecule has 0 aromatic carbocycles. The summed E-state index contributed by atoms with van der Waals surface area (Å²) in [4.78, 5) is 30.5. The van der Waals surface area contributed by atoms with Gasteiger partial charge in [0.2, 0.25) is 5.91 Å². The Kier molecular flexibility index (Phi) is 3.56. The third kappa shape index (κ3) is 2.22. The van der Waals surface area contributed by atoms with Crippen LogP contribution in [0.25, 0.3) is 11.0 Å². The molecule has 0 radical (unpaired) electrons. The van der Waals surface area contributed by atoms with Crippen molar-refractivity contribution in [3.05, 3.63) is 23.5 Å². The van der Waals surface area contributed by atoms with Crippen LogP contribution in [-0.2, 0) is 11.8 Å². The lowest BCUT2D eigenvalue weighted by Gasteiger charge is -2.25. The Morgan fingerprint density at radius 2 is 2.32 bits per heavy atom. The van der Waals surface area contributed by atoms with E-state index in [1.807, 2.05) is 27.0 Å². The second kappa shape index (κ2) is 5.40. The van der Waals surface area contributed by atoms with Crippen molar-refractivity contribution in [2.75, 3.05) is 13.1 Å². The van der Waals surface area contributed by atoms with E-state index in [0.717, 1.165) is 16.7 Å². The number of fused-ring (bicyclic) bond motifs is 1. The van der Waals surface area contributed by atoms with Crippen molar-refractivity contribution in [2.45, 2.75) is 26.3 Å². The Morgan fingerprint density at radius 1 is 1.55 bits per heavy atom.